The van der Waals surface area contributed by atoms with Gasteiger partial charge in [-0.1, -0.05) is 18.6 Å². The Labute approximate surface area is 56.7 Å². The van der Waals surface area contributed by atoms with Crippen molar-refractivity contribution in [3.8, 4) is 0 Å². The maximum atomic E-state index is 5.32. The van der Waals surface area contributed by atoms with Crippen molar-refractivity contribution in [1.82, 2.24) is 0 Å². The van der Waals surface area contributed by atoms with Crippen LogP contribution in [0.4, 0.5) is 0 Å². The Kier molecular flexibility index (Phi) is 2.29. The fourth-order valence-electron chi connectivity index (χ4n) is 1.11. The monoisotopic (exact) mass is 126 g/mol. The molecule has 1 aliphatic rings. The lowest BCUT2D eigenvalue weighted by Crippen LogP contribution is -2.13. The van der Waals surface area contributed by atoms with Gasteiger partial charge in [-0.15, -0.1) is 0 Å². The molecule has 0 aromatic heterocycles. The molecule has 1 nitrogen and oxygen atoms in total. The highest BCUT2D eigenvalue weighted by Crippen LogP contribution is 2.13. The van der Waals surface area contributed by atoms with E-state index in [4.69, 9.17) is 4.74 Å². The van der Waals surface area contributed by atoms with Gasteiger partial charge in [0.2, 0.25) is 0 Å². The first kappa shape index (κ1) is 6.81. The van der Waals surface area contributed by atoms with Crippen molar-refractivity contribution in [3.05, 3.63) is 11.6 Å². The smallest absolute Gasteiger partial charge is 0.0674 e. The van der Waals surface area contributed by atoms with E-state index >= 15 is 0 Å². The van der Waals surface area contributed by atoms with Gasteiger partial charge >= 0.3 is 0 Å². The first-order chi connectivity index (χ1) is 4.33. The molecule has 0 amide bonds. The Balaban J connectivity index is 2.47. The van der Waals surface area contributed by atoms with Gasteiger partial charge in [-0.2, -0.15) is 0 Å². The summed E-state index contributed by atoms with van der Waals surface area (Å²) >= 11 is 0. The minimum Gasteiger partial charge on any atom is -0.377 e. The van der Waals surface area contributed by atoms with E-state index in [1.165, 1.54) is 12.0 Å². The molecule has 0 aliphatic carbocycles. The van der Waals surface area contributed by atoms with Crippen LogP contribution in [0.25, 0.3) is 0 Å². The first-order valence-electron chi connectivity index (χ1n) is 3.58. The summed E-state index contributed by atoms with van der Waals surface area (Å²) < 4.78 is 5.32. The summed E-state index contributed by atoms with van der Waals surface area (Å²) in [6, 6.07) is 0. The molecule has 52 valence electrons. The maximum absolute atomic E-state index is 5.32. The summed E-state index contributed by atoms with van der Waals surface area (Å²) in [6.45, 7) is 6.09. The van der Waals surface area contributed by atoms with Gasteiger partial charge < -0.3 is 4.74 Å². The van der Waals surface area contributed by atoms with Crippen LogP contribution in [-0.2, 0) is 4.74 Å². The summed E-state index contributed by atoms with van der Waals surface area (Å²) in [6.07, 6.45) is 3.53. The molecule has 0 spiro atoms. The molecule has 1 heterocycles. The highest BCUT2D eigenvalue weighted by molar-refractivity contribution is 5.03. The predicted octanol–water partition coefficient (Wildman–Crippen LogP) is 1.99. The van der Waals surface area contributed by atoms with Gasteiger partial charge in [0.05, 0.1) is 13.2 Å². The lowest BCUT2D eigenvalue weighted by atomic mass is 10.0. The van der Waals surface area contributed by atoms with Crippen LogP contribution in [0.5, 0.6) is 0 Å². The van der Waals surface area contributed by atoms with E-state index in [1.807, 2.05) is 0 Å². The molecule has 0 bridgehead atoms. The quantitative estimate of drug-likeness (QED) is 0.488. The normalized spacial score (nSPS) is 27.8. The number of hydrogen-bond donors (Lipinski definition) is 0. The molecular weight excluding hydrogens is 112 g/mol. The van der Waals surface area contributed by atoms with E-state index in [1.54, 1.807) is 0 Å². The number of rotatable bonds is 1. The van der Waals surface area contributed by atoms with Crippen molar-refractivity contribution in [1.29, 1.82) is 0 Å². The third-order valence-electron chi connectivity index (χ3n) is 1.71. The zero-order valence-corrected chi connectivity index (χ0v) is 6.18. The van der Waals surface area contributed by atoms with Crippen LogP contribution in [0.3, 0.4) is 0 Å². The molecule has 1 atom stereocenters. The number of ether oxygens (including phenoxy) is 1. The van der Waals surface area contributed by atoms with Crippen molar-refractivity contribution in [2.75, 3.05) is 13.2 Å². The average Bonchev–Trinajstić information content (AvgIpc) is 1.88. The third kappa shape index (κ3) is 1.83. The van der Waals surface area contributed by atoms with Crippen molar-refractivity contribution in [2.24, 2.45) is 5.92 Å². The molecule has 0 fully saturated rings. The molecule has 0 saturated heterocycles. The second kappa shape index (κ2) is 3.02. The summed E-state index contributed by atoms with van der Waals surface area (Å²) in [5.74, 6) is 0.679. The highest BCUT2D eigenvalue weighted by atomic mass is 16.5. The van der Waals surface area contributed by atoms with Gasteiger partial charge in [0.25, 0.3) is 0 Å². The Morgan fingerprint density at radius 1 is 1.78 bits per heavy atom. The molecule has 0 N–H and O–H groups in total. The summed E-state index contributed by atoms with van der Waals surface area (Å²) in [7, 11) is 0. The van der Waals surface area contributed by atoms with Crippen LogP contribution in [0.1, 0.15) is 20.3 Å². The molecule has 0 saturated carbocycles. The first-order valence-corrected chi connectivity index (χ1v) is 3.58. The largest absolute Gasteiger partial charge is 0.377 e. The SMILES string of the molecule is CCC1C=C(C)COC1. The zero-order valence-electron chi connectivity index (χ0n) is 6.18. The van der Waals surface area contributed by atoms with Crippen molar-refractivity contribution in [2.45, 2.75) is 20.3 Å². The van der Waals surface area contributed by atoms with Crippen LogP contribution in [0, 0.1) is 5.92 Å². The molecule has 1 unspecified atom stereocenters. The Morgan fingerprint density at radius 3 is 3.00 bits per heavy atom. The second-order valence-corrected chi connectivity index (χ2v) is 2.70. The van der Waals surface area contributed by atoms with Gasteiger partial charge in [-0.25, -0.2) is 0 Å². The van der Waals surface area contributed by atoms with Gasteiger partial charge in [-0.3, -0.25) is 0 Å². The van der Waals surface area contributed by atoms with Gasteiger partial charge in [-0.05, 0) is 13.3 Å². The van der Waals surface area contributed by atoms with Gasteiger partial charge in [0.15, 0.2) is 0 Å². The standard InChI is InChI=1S/C8H14O/c1-3-8-4-7(2)5-9-6-8/h4,8H,3,5-6H2,1-2H3. The van der Waals surface area contributed by atoms with Crippen molar-refractivity contribution < 1.29 is 4.74 Å². The van der Waals surface area contributed by atoms with Crippen LogP contribution in [0.2, 0.25) is 0 Å². The van der Waals surface area contributed by atoms with Gasteiger partial charge in [0, 0.05) is 5.92 Å². The Bertz CT molecular complexity index is 116. The summed E-state index contributed by atoms with van der Waals surface area (Å²) in [5.41, 5.74) is 1.38. The summed E-state index contributed by atoms with van der Waals surface area (Å²) in [5, 5.41) is 0. The third-order valence-corrected chi connectivity index (χ3v) is 1.71. The van der Waals surface area contributed by atoms with Crippen molar-refractivity contribution >= 4 is 0 Å². The van der Waals surface area contributed by atoms with E-state index in [0.29, 0.717) is 5.92 Å². The van der Waals surface area contributed by atoms with E-state index in [9.17, 15) is 0 Å². The van der Waals surface area contributed by atoms with Crippen molar-refractivity contribution in [3.63, 3.8) is 0 Å². The molecule has 9 heavy (non-hydrogen) atoms. The van der Waals surface area contributed by atoms with Crippen LogP contribution in [0.15, 0.2) is 11.6 Å². The molecule has 0 radical (unpaired) electrons. The minimum atomic E-state index is 0.679. The lowest BCUT2D eigenvalue weighted by molar-refractivity contribution is 0.117. The predicted molar refractivity (Wildman–Crippen MR) is 38.4 cm³/mol. The van der Waals surface area contributed by atoms with E-state index in [-0.39, 0.29) is 0 Å². The molecule has 0 aromatic rings. The molecule has 1 rings (SSSR count). The van der Waals surface area contributed by atoms with Crippen LogP contribution >= 0.6 is 0 Å². The van der Waals surface area contributed by atoms with Gasteiger partial charge in [0.1, 0.15) is 0 Å². The Hall–Kier alpha value is -0.300. The second-order valence-electron chi connectivity index (χ2n) is 2.70. The van der Waals surface area contributed by atoms with E-state index in [2.05, 4.69) is 19.9 Å². The minimum absolute atomic E-state index is 0.679. The lowest BCUT2D eigenvalue weighted by Gasteiger charge is -2.17. The van der Waals surface area contributed by atoms with Crippen LogP contribution in [-0.4, -0.2) is 13.2 Å². The highest BCUT2D eigenvalue weighted by Gasteiger charge is 2.08. The molecule has 1 aliphatic heterocycles. The summed E-state index contributed by atoms with van der Waals surface area (Å²) in [4.78, 5) is 0. The fourth-order valence-corrected chi connectivity index (χ4v) is 1.11. The zero-order chi connectivity index (χ0) is 6.69. The number of hydrogen-bond acceptors (Lipinski definition) is 1. The van der Waals surface area contributed by atoms with Crippen LogP contribution < -0.4 is 0 Å². The van der Waals surface area contributed by atoms with E-state index in [0.717, 1.165) is 13.2 Å². The fraction of sp³-hybridized carbons (Fsp3) is 0.750. The topological polar surface area (TPSA) is 9.23 Å². The Morgan fingerprint density at radius 2 is 2.56 bits per heavy atom. The molecule has 0 aromatic carbocycles. The molecule has 1 heteroatoms. The average molecular weight is 126 g/mol. The van der Waals surface area contributed by atoms with E-state index < -0.39 is 0 Å². The molecular formula is C8H14O. The maximum Gasteiger partial charge on any atom is 0.0674 e.